The number of hydrogen-bond acceptors (Lipinski definition) is 2. The Labute approximate surface area is 129 Å². The van der Waals surface area contributed by atoms with Crippen LogP contribution < -0.4 is 10.6 Å². The molecular formula is C13H16Br2N2O2. The molecule has 0 aromatic heterocycles. The molecule has 1 aromatic carbocycles. The quantitative estimate of drug-likeness (QED) is 0.810. The fourth-order valence-electron chi connectivity index (χ4n) is 1.45. The van der Waals surface area contributed by atoms with Gasteiger partial charge in [-0.3, -0.25) is 9.59 Å². The molecule has 0 bridgehead atoms. The van der Waals surface area contributed by atoms with Crippen LogP contribution in [0.25, 0.3) is 0 Å². The van der Waals surface area contributed by atoms with Crippen LogP contribution in [0.4, 0.5) is 0 Å². The maximum atomic E-state index is 11.9. The number of benzene rings is 1. The van der Waals surface area contributed by atoms with Gasteiger partial charge in [-0.15, -0.1) is 0 Å². The van der Waals surface area contributed by atoms with Crippen LogP contribution in [0, 0.1) is 0 Å². The lowest BCUT2D eigenvalue weighted by Crippen LogP contribution is -2.34. The molecule has 0 spiro atoms. The Kier molecular flexibility index (Phi) is 6.51. The molecule has 2 amide bonds. The Hall–Kier alpha value is -0.880. The highest BCUT2D eigenvalue weighted by molar-refractivity contribution is 9.11. The first-order valence-corrected chi connectivity index (χ1v) is 7.51. The summed E-state index contributed by atoms with van der Waals surface area (Å²) in [4.78, 5) is 23.3. The number of halogens is 2. The van der Waals surface area contributed by atoms with Crippen molar-refractivity contribution in [3.8, 4) is 0 Å². The molecule has 6 heteroatoms. The molecule has 1 aromatic rings. The van der Waals surface area contributed by atoms with Crippen LogP contribution in [0.1, 0.15) is 30.6 Å². The second kappa shape index (κ2) is 7.65. The summed E-state index contributed by atoms with van der Waals surface area (Å²) in [5.41, 5.74) is 0.549. The minimum atomic E-state index is -0.197. The van der Waals surface area contributed by atoms with E-state index >= 15 is 0 Å². The van der Waals surface area contributed by atoms with Crippen LogP contribution in [0.15, 0.2) is 27.1 Å². The lowest BCUT2D eigenvalue weighted by Gasteiger charge is -2.09. The lowest BCUT2D eigenvalue weighted by atomic mass is 10.2. The van der Waals surface area contributed by atoms with E-state index in [1.807, 2.05) is 13.8 Å². The SMILES string of the molecule is CC(C)NC(=O)CCNC(=O)c1ccc(Br)cc1Br. The van der Waals surface area contributed by atoms with Gasteiger partial charge in [0.15, 0.2) is 0 Å². The summed E-state index contributed by atoms with van der Waals surface area (Å²) in [5.74, 6) is -0.262. The lowest BCUT2D eigenvalue weighted by molar-refractivity contribution is -0.121. The Morgan fingerprint density at radius 3 is 2.53 bits per heavy atom. The molecule has 0 fully saturated rings. The van der Waals surface area contributed by atoms with Gasteiger partial charge in [-0.05, 0) is 48.0 Å². The van der Waals surface area contributed by atoms with E-state index < -0.39 is 0 Å². The van der Waals surface area contributed by atoms with Crippen molar-refractivity contribution >= 4 is 43.7 Å². The zero-order valence-electron chi connectivity index (χ0n) is 10.8. The van der Waals surface area contributed by atoms with Gasteiger partial charge in [-0.2, -0.15) is 0 Å². The number of carbonyl (C=O) groups is 2. The monoisotopic (exact) mass is 390 g/mol. The largest absolute Gasteiger partial charge is 0.354 e. The predicted molar refractivity (Wildman–Crippen MR) is 82.1 cm³/mol. The van der Waals surface area contributed by atoms with E-state index in [2.05, 4.69) is 42.5 Å². The number of nitrogens with one attached hydrogen (secondary N) is 2. The zero-order chi connectivity index (χ0) is 14.4. The first kappa shape index (κ1) is 16.2. The Balaban J connectivity index is 2.45. The Morgan fingerprint density at radius 1 is 1.26 bits per heavy atom. The number of amides is 2. The van der Waals surface area contributed by atoms with E-state index in [-0.39, 0.29) is 24.3 Å². The van der Waals surface area contributed by atoms with Gasteiger partial charge >= 0.3 is 0 Å². The van der Waals surface area contributed by atoms with E-state index in [0.29, 0.717) is 16.6 Å². The topological polar surface area (TPSA) is 58.2 Å². The second-order valence-corrected chi connectivity index (χ2v) is 6.12. The van der Waals surface area contributed by atoms with Gasteiger partial charge in [0, 0.05) is 28.0 Å². The summed E-state index contributed by atoms with van der Waals surface area (Å²) in [5, 5.41) is 5.49. The zero-order valence-corrected chi connectivity index (χ0v) is 14.0. The molecular weight excluding hydrogens is 376 g/mol. The van der Waals surface area contributed by atoms with E-state index in [1.165, 1.54) is 0 Å². The summed E-state index contributed by atoms with van der Waals surface area (Å²) >= 11 is 6.66. The molecule has 104 valence electrons. The molecule has 1 rings (SSSR count). The fourth-order valence-corrected chi connectivity index (χ4v) is 2.68. The minimum absolute atomic E-state index is 0.0647. The van der Waals surface area contributed by atoms with Gasteiger partial charge in [0.25, 0.3) is 5.91 Å². The van der Waals surface area contributed by atoms with Crippen molar-refractivity contribution < 1.29 is 9.59 Å². The second-order valence-electron chi connectivity index (χ2n) is 4.35. The maximum absolute atomic E-state index is 11.9. The fraction of sp³-hybridized carbons (Fsp3) is 0.385. The highest BCUT2D eigenvalue weighted by Gasteiger charge is 2.10. The van der Waals surface area contributed by atoms with Gasteiger partial charge in [-0.1, -0.05) is 15.9 Å². The molecule has 0 radical (unpaired) electrons. The third-order valence-corrected chi connectivity index (χ3v) is 3.41. The summed E-state index contributed by atoms with van der Waals surface area (Å²) < 4.78 is 1.61. The molecule has 0 heterocycles. The van der Waals surface area contributed by atoms with Crippen LogP contribution in [0.2, 0.25) is 0 Å². The van der Waals surface area contributed by atoms with Crippen molar-refractivity contribution in [1.82, 2.24) is 10.6 Å². The van der Waals surface area contributed by atoms with Crippen LogP contribution in [-0.2, 0) is 4.79 Å². The standard InChI is InChI=1S/C13H16Br2N2O2/c1-8(2)17-12(18)5-6-16-13(19)10-4-3-9(14)7-11(10)15/h3-4,7-8H,5-6H2,1-2H3,(H,16,19)(H,17,18). The smallest absolute Gasteiger partial charge is 0.252 e. The average molecular weight is 392 g/mol. The van der Waals surface area contributed by atoms with Crippen molar-refractivity contribution in [3.63, 3.8) is 0 Å². The first-order chi connectivity index (χ1) is 8.90. The Bertz CT molecular complexity index is 476. The van der Waals surface area contributed by atoms with Crippen molar-refractivity contribution in [1.29, 1.82) is 0 Å². The van der Waals surface area contributed by atoms with Crippen LogP contribution >= 0.6 is 31.9 Å². The summed E-state index contributed by atoms with van der Waals surface area (Å²) in [6.07, 6.45) is 0.276. The van der Waals surface area contributed by atoms with Crippen molar-refractivity contribution in [3.05, 3.63) is 32.7 Å². The van der Waals surface area contributed by atoms with Gasteiger partial charge in [-0.25, -0.2) is 0 Å². The van der Waals surface area contributed by atoms with Crippen molar-refractivity contribution in [2.45, 2.75) is 26.3 Å². The molecule has 0 saturated heterocycles. The molecule has 0 aliphatic rings. The van der Waals surface area contributed by atoms with Gasteiger partial charge in [0.05, 0.1) is 5.56 Å². The van der Waals surface area contributed by atoms with Gasteiger partial charge in [0.2, 0.25) is 5.91 Å². The van der Waals surface area contributed by atoms with Crippen LogP contribution in [0.5, 0.6) is 0 Å². The van der Waals surface area contributed by atoms with E-state index in [0.717, 1.165) is 4.47 Å². The predicted octanol–water partition coefficient (Wildman–Crippen LogP) is 2.86. The summed E-state index contributed by atoms with van der Waals surface area (Å²) in [6.45, 7) is 4.12. The van der Waals surface area contributed by atoms with Crippen molar-refractivity contribution in [2.75, 3.05) is 6.54 Å². The molecule has 2 N–H and O–H groups in total. The normalized spacial score (nSPS) is 10.4. The van der Waals surface area contributed by atoms with Crippen molar-refractivity contribution in [2.24, 2.45) is 0 Å². The minimum Gasteiger partial charge on any atom is -0.354 e. The van der Waals surface area contributed by atoms with Gasteiger partial charge in [0.1, 0.15) is 0 Å². The molecule has 0 saturated carbocycles. The molecule has 0 unspecified atom stereocenters. The van der Waals surface area contributed by atoms with E-state index in [9.17, 15) is 9.59 Å². The number of rotatable bonds is 5. The first-order valence-electron chi connectivity index (χ1n) is 5.92. The summed E-state index contributed by atoms with van der Waals surface area (Å²) in [6, 6.07) is 5.44. The summed E-state index contributed by atoms with van der Waals surface area (Å²) in [7, 11) is 0. The van der Waals surface area contributed by atoms with E-state index in [1.54, 1.807) is 18.2 Å². The molecule has 0 aliphatic carbocycles. The number of hydrogen-bond donors (Lipinski definition) is 2. The highest BCUT2D eigenvalue weighted by Crippen LogP contribution is 2.21. The highest BCUT2D eigenvalue weighted by atomic mass is 79.9. The third kappa shape index (κ3) is 5.74. The molecule has 19 heavy (non-hydrogen) atoms. The number of carbonyl (C=O) groups excluding carboxylic acids is 2. The van der Waals surface area contributed by atoms with E-state index in [4.69, 9.17) is 0 Å². The molecule has 0 aliphatic heterocycles. The maximum Gasteiger partial charge on any atom is 0.252 e. The third-order valence-electron chi connectivity index (χ3n) is 2.26. The van der Waals surface area contributed by atoms with Crippen LogP contribution in [0.3, 0.4) is 0 Å². The average Bonchev–Trinajstić information content (AvgIpc) is 2.27. The van der Waals surface area contributed by atoms with Gasteiger partial charge < -0.3 is 10.6 Å². The van der Waals surface area contributed by atoms with Crippen LogP contribution in [-0.4, -0.2) is 24.4 Å². The molecule has 4 nitrogen and oxygen atoms in total. The Morgan fingerprint density at radius 2 is 1.95 bits per heavy atom. The molecule has 0 atom stereocenters.